The van der Waals surface area contributed by atoms with Gasteiger partial charge in [-0.3, -0.25) is 4.90 Å². The van der Waals surface area contributed by atoms with Gasteiger partial charge in [-0.2, -0.15) is 0 Å². The van der Waals surface area contributed by atoms with E-state index in [0.29, 0.717) is 12.6 Å². The first-order valence-corrected chi connectivity index (χ1v) is 8.75. The Labute approximate surface area is 138 Å². The summed E-state index contributed by atoms with van der Waals surface area (Å²) in [5.41, 5.74) is 7.30. The van der Waals surface area contributed by atoms with Crippen LogP contribution in [0, 0.1) is 0 Å². The first-order valence-electron chi connectivity index (χ1n) is 7.16. The molecule has 0 amide bonds. The van der Waals surface area contributed by atoms with E-state index in [2.05, 4.69) is 61.9 Å². The molecule has 1 saturated heterocycles. The quantitative estimate of drug-likeness (QED) is 0.811. The summed E-state index contributed by atoms with van der Waals surface area (Å²) in [5.74, 6) is 0. The second-order valence-electron chi connectivity index (χ2n) is 5.14. The second kappa shape index (κ2) is 7.90. The van der Waals surface area contributed by atoms with Gasteiger partial charge in [0.25, 0.3) is 0 Å². The molecule has 5 heteroatoms. The third-order valence-electron chi connectivity index (χ3n) is 3.80. The molecule has 0 saturated carbocycles. The van der Waals surface area contributed by atoms with Crippen molar-refractivity contribution in [1.82, 2.24) is 4.90 Å². The van der Waals surface area contributed by atoms with Crippen LogP contribution in [0.2, 0.25) is 0 Å². The maximum atomic E-state index is 6.03. The fourth-order valence-corrected chi connectivity index (χ4v) is 3.48. The SMILES string of the molecule is CCOC1CCCN(C(CN)c2ccc(Br)c(Br)c2)C1. The smallest absolute Gasteiger partial charge is 0.0702 e. The molecule has 1 aromatic rings. The Morgan fingerprint density at radius 1 is 1.40 bits per heavy atom. The highest BCUT2D eigenvalue weighted by Gasteiger charge is 2.26. The Kier molecular flexibility index (Phi) is 6.49. The van der Waals surface area contributed by atoms with Gasteiger partial charge in [0, 0.05) is 34.7 Å². The van der Waals surface area contributed by atoms with Crippen molar-refractivity contribution in [2.24, 2.45) is 5.73 Å². The summed E-state index contributed by atoms with van der Waals surface area (Å²) in [6, 6.07) is 6.65. The molecule has 112 valence electrons. The molecule has 2 N–H and O–H groups in total. The molecule has 0 spiro atoms. The van der Waals surface area contributed by atoms with Gasteiger partial charge < -0.3 is 10.5 Å². The van der Waals surface area contributed by atoms with Crippen molar-refractivity contribution in [3.8, 4) is 0 Å². The van der Waals surface area contributed by atoms with E-state index >= 15 is 0 Å². The van der Waals surface area contributed by atoms with E-state index in [1.807, 2.05) is 0 Å². The molecule has 2 atom stereocenters. The molecule has 3 nitrogen and oxygen atoms in total. The first kappa shape index (κ1) is 16.4. The average molecular weight is 406 g/mol. The van der Waals surface area contributed by atoms with Crippen molar-refractivity contribution in [3.63, 3.8) is 0 Å². The minimum atomic E-state index is 0.266. The van der Waals surface area contributed by atoms with Crippen LogP contribution >= 0.6 is 31.9 Å². The number of hydrogen-bond donors (Lipinski definition) is 1. The minimum Gasteiger partial charge on any atom is -0.377 e. The van der Waals surface area contributed by atoms with Gasteiger partial charge in [0.05, 0.1) is 6.10 Å². The van der Waals surface area contributed by atoms with Gasteiger partial charge >= 0.3 is 0 Å². The van der Waals surface area contributed by atoms with Gasteiger partial charge in [0.15, 0.2) is 0 Å². The maximum Gasteiger partial charge on any atom is 0.0702 e. The van der Waals surface area contributed by atoms with Crippen molar-refractivity contribution in [3.05, 3.63) is 32.7 Å². The van der Waals surface area contributed by atoms with Gasteiger partial charge in [-0.05, 0) is 75.9 Å². The molecule has 0 aromatic heterocycles. The highest BCUT2D eigenvalue weighted by Crippen LogP contribution is 2.30. The predicted molar refractivity (Wildman–Crippen MR) is 89.9 cm³/mol. The molecular weight excluding hydrogens is 384 g/mol. The van der Waals surface area contributed by atoms with Gasteiger partial charge in [-0.15, -0.1) is 0 Å². The Morgan fingerprint density at radius 2 is 2.20 bits per heavy atom. The fraction of sp³-hybridized carbons (Fsp3) is 0.600. The summed E-state index contributed by atoms with van der Waals surface area (Å²) in [6.45, 7) is 5.55. The third kappa shape index (κ3) is 4.04. The summed E-state index contributed by atoms with van der Waals surface area (Å²) in [6.07, 6.45) is 2.69. The molecule has 0 bridgehead atoms. The third-order valence-corrected chi connectivity index (χ3v) is 5.68. The number of likely N-dealkylation sites (tertiary alicyclic amines) is 1. The zero-order chi connectivity index (χ0) is 14.5. The van der Waals surface area contributed by atoms with Crippen LogP contribution in [0.1, 0.15) is 31.4 Å². The summed E-state index contributed by atoms with van der Waals surface area (Å²) in [5, 5.41) is 0. The number of nitrogens with two attached hydrogens (primary N) is 1. The van der Waals surface area contributed by atoms with Crippen LogP contribution in [0.4, 0.5) is 0 Å². The lowest BCUT2D eigenvalue weighted by Crippen LogP contribution is -2.44. The van der Waals surface area contributed by atoms with E-state index in [4.69, 9.17) is 10.5 Å². The highest BCUT2D eigenvalue weighted by molar-refractivity contribution is 9.13. The largest absolute Gasteiger partial charge is 0.377 e. The standard InChI is InChI=1S/C15H22Br2N2O/c1-2-20-12-4-3-7-19(10-12)15(9-18)11-5-6-13(16)14(17)8-11/h5-6,8,12,15H,2-4,7,9-10,18H2,1H3. The van der Waals surface area contributed by atoms with Gasteiger partial charge in [0.2, 0.25) is 0 Å². The molecule has 2 unspecified atom stereocenters. The molecular formula is C15H22Br2N2O. The Bertz CT molecular complexity index is 440. The van der Waals surface area contributed by atoms with Crippen molar-refractivity contribution in [2.45, 2.75) is 31.9 Å². The van der Waals surface area contributed by atoms with Crippen LogP contribution in [0.3, 0.4) is 0 Å². The van der Waals surface area contributed by atoms with E-state index < -0.39 is 0 Å². The Morgan fingerprint density at radius 3 is 2.85 bits per heavy atom. The molecule has 1 heterocycles. The topological polar surface area (TPSA) is 38.5 Å². The number of nitrogens with zero attached hydrogens (tertiary/aromatic N) is 1. The average Bonchev–Trinajstić information content (AvgIpc) is 2.44. The van der Waals surface area contributed by atoms with Crippen molar-refractivity contribution in [2.75, 3.05) is 26.2 Å². The zero-order valence-electron chi connectivity index (χ0n) is 11.8. The van der Waals surface area contributed by atoms with Crippen molar-refractivity contribution in [1.29, 1.82) is 0 Å². The van der Waals surface area contributed by atoms with Crippen molar-refractivity contribution < 1.29 is 4.74 Å². The number of rotatable bonds is 5. The number of hydrogen-bond acceptors (Lipinski definition) is 3. The number of ether oxygens (including phenoxy) is 1. The lowest BCUT2D eigenvalue weighted by molar-refractivity contribution is -0.00660. The van der Waals surface area contributed by atoms with E-state index in [9.17, 15) is 0 Å². The number of halogens is 2. The van der Waals surface area contributed by atoms with Crippen LogP contribution in [-0.2, 0) is 4.74 Å². The Balaban J connectivity index is 2.12. The lowest BCUT2D eigenvalue weighted by Gasteiger charge is -2.38. The van der Waals surface area contributed by atoms with Crippen LogP contribution < -0.4 is 5.73 Å². The van der Waals surface area contributed by atoms with Crippen LogP contribution in [0.25, 0.3) is 0 Å². The van der Waals surface area contributed by atoms with E-state index in [-0.39, 0.29) is 6.04 Å². The van der Waals surface area contributed by atoms with E-state index in [0.717, 1.165) is 35.1 Å². The molecule has 20 heavy (non-hydrogen) atoms. The first-order chi connectivity index (χ1) is 9.65. The summed E-state index contributed by atoms with van der Waals surface area (Å²) < 4.78 is 7.94. The van der Waals surface area contributed by atoms with E-state index in [1.165, 1.54) is 12.0 Å². The normalized spacial score (nSPS) is 21.9. The monoisotopic (exact) mass is 404 g/mol. The highest BCUT2D eigenvalue weighted by atomic mass is 79.9. The van der Waals surface area contributed by atoms with Crippen LogP contribution in [0.15, 0.2) is 27.1 Å². The molecule has 0 radical (unpaired) electrons. The Hall–Kier alpha value is 0.0600. The second-order valence-corrected chi connectivity index (χ2v) is 6.85. The maximum absolute atomic E-state index is 6.03. The number of benzene rings is 1. The summed E-state index contributed by atoms with van der Waals surface area (Å²) >= 11 is 7.09. The van der Waals surface area contributed by atoms with Crippen LogP contribution in [-0.4, -0.2) is 37.2 Å². The molecule has 2 rings (SSSR count). The molecule has 1 aromatic carbocycles. The van der Waals surface area contributed by atoms with Gasteiger partial charge in [-0.25, -0.2) is 0 Å². The fourth-order valence-electron chi connectivity index (χ4n) is 2.84. The lowest BCUT2D eigenvalue weighted by atomic mass is 10.0. The van der Waals surface area contributed by atoms with Gasteiger partial charge in [0.1, 0.15) is 0 Å². The zero-order valence-corrected chi connectivity index (χ0v) is 15.0. The molecule has 1 fully saturated rings. The van der Waals surface area contributed by atoms with E-state index in [1.54, 1.807) is 0 Å². The molecule has 0 aliphatic carbocycles. The van der Waals surface area contributed by atoms with Gasteiger partial charge in [-0.1, -0.05) is 6.07 Å². The van der Waals surface area contributed by atoms with Crippen LogP contribution in [0.5, 0.6) is 0 Å². The van der Waals surface area contributed by atoms with Crippen molar-refractivity contribution >= 4 is 31.9 Å². The number of piperidine rings is 1. The predicted octanol–water partition coefficient (Wildman–Crippen LogP) is 3.71. The minimum absolute atomic E-state index is 0.266. The molecule has 1 aliphatic heterocycles. The summed E-state index contributed by atoms with van der Waals surface area (Å²) in [4.78, 5) is 2.46. The summed E-state index contributed by atoms with van der Waals surface area (Å²) in [7, 11) is 0. The molecule has 1 aliphatic rings.